The molecule has 60 valence electrons. The summed E-state index contributed by atoms with van der Waals surface area (Å²) in [4.78, 5) is 7.77. The van der Waals surface area contributed by atoms with E-state index in [1.165, 1.54) is 6.33 Å². The SMILES string of the molecule is Brc1ccn(-c2cncnc2)n1. The highest BCUT2D eigenvalue weighted by atomic mass is 79.9. The fourth-order valence-electron chi connectivity index (χ4n) is 0.855. The maximum absolute atomic E-state index is 4.13. The van der Waals surface area contributed by atoms with Gasteiger partial charge >= 0.3 is 0 Å². The first-order valence-corrected chi connectivity index (χ1v) is 4.12. The molecule has 0 bridgehead atoms. The lowest BCUT2D eigenvalue weighted by Crippen LogP contribution is -1.95. The monoisotopic (exact) mass is 224 g/mol. The van der Waals surface area contributed by atoms with Gasteiger partial charge in [0.05, 0.1) is 12.4 Å². The molecule has 0 aliphatic rings. The summed E-state index contributed by atoms with van der Waals surface area (Å²) in [5.74, 6) is 0. The quantitative estimate of drug-likeness (QED) is 0.737. The molecule has 0 saturated carbocycles. The number of aromatic nitrogens is 4. The second kappa shape index (κ2) is 3.02. The first-order chi connectivity index (χ1) is 5.86. The molecule has 2 aromatic rings. The zero-order chi connectivity index (χ0) is 8.39. The fraction of sp³-hybridized carbons (Fsp3) is 0. The molecule has 0 N–H and O–H groups in total. The summed E-state index contributed by atoms with van der Waals surface area (Å²) in [5.41, 5.74) is 0.850. The zero-order valence-electron chi connectivity index (χ0n) is 6.05. The molecule has 5 heteroatoms. The van der Waals surface area contributed by atoms with Crippen LogP contribution in [0.25, 0.3) is 5.69 Å². The lowest BCUT2D eigenvalue weighted by molar-refractivity contribution is 0.855. The van der Waals surface area contributed by atoms with Crippen molar-refractivity contribution in [1.82, 2.24) is 19.7 Å². The summed E-state index contributed by atoms with van der Waals surface area (Å²) in [5, 5.41) is 4.13. The number of hydrogen-bond acceptors (Lipinski definition) is 3. The summed E-state index contributed by atoms with van der Waals surface area (Å²) in [6.45, 7) is 0. The third-order valence-corrected chi connectivity index (χ3v) is 1.79. The Balaban J connectivity index is 2.45. The van der Waals surface area contributed by atoms with Gasteiger partial charge in [-0.05, 0) is 22.0 Å². The van der Waals surface area contributed by atoms with Crippen molar-refractivity contribution in [2.45, 2.75) is 0 Å². The lowest BCUT2D eigenvalue weighted by atomic mass is 10.5. The van der Waals surface area contributed by atoms with Crippen molar-refractivity contribution in [3.05, 3.63) is 35.6 Å². The van der Waals surface area contributed by atoms with Crippen molar-refractivity contribution in [2.24, 2.45) is 0 Å². The summed E-state index contributed by atoms with van der Waals surface area (Å²) >= 11 is 3.26. The third-order valence-electron chi connectivity index (χ3n) is 1.37. The molecular weight excluding hydrogens is 220 g/mol. The Kier molecular flexibility index (Phi) is 1.87. The predicted octanol–water partition coefficient (Wildman–Crippen LogP) is 1.42. The second-order valence-electron chi connectivity index (χ2n) is 2.18. The number of halogens is 1. The van der Waals surface area contributed by atoms with Crippen LogP contribution in [0.3, 0.4) is 0 Å². The van der Waals surface area contributed by atoms with Crippen molar-refractivity contribution in [3.8, 4) is 5.69 Å². The van der Waals surface area contributed by atoms with Crippen molar-refractivity contribution in [3.63, 3.8) is 0 Å². The Morgan fingerprint density at radius 1 is 1.25 bits per heavy atom. The van der Waals surface area contributed by atoms with E-state index < -0.39 is 0 Å². The molecule has 4 nitrogen and oxygen atoms in total. The predicted molar refractivity (Wildman–Crippen MR) is 46.9 cm³/mol. The van der Waals surface area contributed by atoms with E-state index >= 15 is 0 Å². The average molecular weight is 225 g/mol. The topological polar surface area (TPSA) is 43.6 Å². The first-order valence-electron chi connectivity index (χ1n) is 3.33. The van der Waals surface area contributed by atoms with Gasteiger partial charge in [-0.3, -0.25) is 0 Å². The van der Waals surface area contributed by atoms with Crippen LogP contribution in [0.4, 0.5) is 0 Å². The Labute approximate surface area is 77.4 Å². The molecule has 0 aromatic carbocycles. The Bertz CT molecular complexity index is 370. The number of rotatable bonds is 1. The van der Waals surface area contributed by atoms with Crippen molar-refractivity contribution in [1.29, 1.82) is 0 Å². The molecule has 0 unspecified atom stereocenters. The first kappa shape index (κ1) is 7.42. The van der Waals surface area contributed by atoms with Gasteiger partial charge < -0.3 is 0 Å². The molecule has 0 aliphatic heterocycles. The van der Waals surface area contributed by atoms with E-state index in [1.807, 2.05) is 12.3 Å². The van der Waals surface area contributed by atoms with Crippen LogP contribution in [0, 0.1) is 0 Å². The largest absolute Gasteiger partial charge is 0.243 e. The van der Waals surface area contributed by atoms with Gasteiger partial charge in [0, 0.05) is 6.20 Å². The van der Waals surface area contributed by atoms with Crippen LogP contribution in [0.5, 0.6) is 0 Å². The van der Waals surface area contributed by atoms with Crippen molar-refractivity contribution in [2.75, 3.05) is 0 Å². The van der Waals surface area contributed by atoms with E-state index in [-0.39, 0.29) is 0 Å². The van der Waals surface area contributed by atoms with Crippen LogP contribution >= 0.6 is 15.9 Å². The number of hydrogen-bond donors (Lipinski definition) is 0. The minimum absolute atomic E-state index is 0.798. The lowest BCUT2D eigenvalue weighted by Gasteiger charge is -1.96. The summed E-state index contributed by atoms with van der Waals surface area (Å²) < 4.78 is 2.50. The van der Waals surface area contributed by atoms with Gasteiger partial charge in [-0.25, -0.2) is 14.6 Å². The van der Waals surface area contributed by atoms with E-state index in [9.17, 15) is 0 Å². The number of nitrogens with zero attached hydrogens (tertiary/aromatic N) is 4. The zero-order valence-corrected chi connectivity index (χ0v) is 7.64. The summed E-state index contributed by atoms with van der Waals surface area (Å²) in [6.07, 6.45) is 6.73. The van der Waals surface area contributed by atoms with Gasteiger partial charge in [0.1, 0.15) is 16.6 Å². The minimum atomic E-state index is 0.798. The normalized spacial score (nSPS) is 10.1. The van der Waals surface area contributed by atoms with Crippen molar-refractivity contribution >= 4 is 15.9 Å². The highest BCUT2D eigenvalue weighted by molar-refractivity contribution is 9.10. The van der Waals surface area contributed by atoms with Gasteiger partial charge in [-0.15, -0.1) is 0 Å². The molecule has 0 saturated heterocycles. The van der Waals surface area contributed by atoms with Crippen LogP contribution in [0.15, 0.2) is 35.6 Å². The Morgan fingerprint density at radius 2 is 2.00 bits per heavy atom. The van der Waals surface area contributed by atoms with E-state index in [1.54, 1.807) is 17.1 Å². The molecule has 0 fully saturated rings. The maximum Gasteiger partial charge on any atom is 0.128 e. The van der Waals surface area contributed by atoms with E-state index in [0.717, 1.165) is 10.3 Å². The third kappa shape index (κ3) is 1.35. The van der Waals surface area contributed by atoms with Gasteiger partial charge in [-0.2, -0.15) is 5.10 Å². The Morgan fingerprint density at radius 3 is 2.58 bits per heavy atom. The highest BCUT2D eigenvalue weighted by Gasteiger charge is 1.97. The van der Waals surface area contributed by atoms with Crippen molar-refractivity contribution < 1.29 is 0 Å². The second-order valence-corrected chi connectivity index (χ2v) is 2.99. The molecule has 0 atom stereocenters. The standard InChI is InChI=1S/C7H5BrN4/c8-7-1-2-12(11-7)6-3-9-5-10-4-6/h1-5H. The highest BCUT2D eigenvalue weighted by Crippen LogP contribution is 2.08. The van der Waals surface area contributed by atoms with E-state index in [4.69, 9.17) is 0 Å². The van der Waals surface area contributed by atoms with E-state index in [0.29, 0.717) is 0 Å². The van der Waals surface area contributed by atoms with Crippen LogP contribution in [0.2, 0.25) is 0 Å². The van der Waals surface area contributed by atoms with Crippen LogP contribution in [-0.4, -0.2) is 19.7 Å². The van der Waals surface area contributed by atoms with Crippen LogP contribution in [-0.2, 0) is 0 Å². The summed E-state index contributed by atoms with van der Waals surface area (Å²) in [6, 6.07) is 1.85. The molecular formula is C7H5BrN4. The molecule has 0 spiro atoms. The average Bonchev–Trinajstić information content (AvgIpc) is 2.54. The molecule has 0 radical (unpaired) electrons. The van der Waals surface area contributed by atoms with Gasteiger partial charge in [0.15, 0.2) is 0 Å². The van der Waals surface area contributed by atoms with Crippen LogP contribution < -0.4 is 0 Å². The Hall–Kier alpha value is -1.23. The van der Waals surface area contributed by atoms with Gasteiger partial charge in [0.2, 0.25) is 0 Å². The van der Waals surface area contributed by atoms with E-state index in [2.05, 4.69) is 31.0 Å². The molecule has 2 rings (SSSR count). The molecule has 0 amide bonds. The smallest absolute Gasteiger partial charge is 0.128 e. The van der Waals surface area contributed by atoms with Gasteiger partial charge in [-0.1, -0.05) is 0 Å². The molecule has 2 aromatic heterocycles. The van der Waals surface area contributed by atoms with Crippen LogP contribution in [0.1, 0.15) is 0 Å². The molecule has 12 heavy (non-hydrogen) atoms. The van der Waals surface area contributed by atoms with Gasteiger partial charge in [0.25, 0.3) is 0 Å². The molecule has 0 aliphatic carbocycles. The maximum atomic E-state index is 4.13. The molecule has 2 heterocycles. The fourth-order valence-corrected chi connectivity index (χ4v) is 1.14. The summed E-state index contributed by atoms with van der Waals surface area (Å²) in [7, 11) is 0. The minimum Gasteiger partial charge on any atom is -0.243 e.